The van der Waals surface area contributed by atoms with E-state index in [1.54, 1.807) is 12.1 Å². The maximum atomic E-state index is 14.1. The maximum Gasteiger partial charge on any atom is 0.233 e. The van der Waals surface area contributed by atoms with Crippen LogP contribution in [0.3, 0.4) is 0 Å². The Hall–Kier alpha value is -1.42. The van der Waals surface area contributed by atoms with E-state index in [1.165, 1.54) is 6.07 Å². The molecular formula is C17H23FN2O. The Morgan fingerprint density at radius 1 is 1.43 bits per heavy atom. The van der Waals surface area contributed by atoms with Crippen LogP contribution in [0.25, 0.3) is 0 Å². The van der Waals surface area contributed by atoms with Gasteiger partial charge >= 0.3 is 0 Å². The standard InChI is InChI=1S/C17H23FN2O/c1-19-11-13-5-4-10-20(12-13)16(21)17(8-9-17)14-6-2-3-7-15(14)18/h2-3,6-7,13,19H,4-5,8-12H2,1H3. The van der Waals surface area contributed by atoms with Crippen molar-refractivity contribution in [1.29, 1.82) is 0 Å². The molecule has 3 nitrogen and oxygen atoms in total. The first-order valence-electron chi connectivity index (χ1n) is 7.86. The summed E-state index contributed by atoms with van der Waals surface area (Å²) in [6.07, 6.45) is 3.77. The number of halogens is 1. The summed E-state index contributed by atoms with van der Waals surface area (Å²) in [5.74, 6) is 0.407. The maximum absolute atomic E-state index is 14.1. The molecule has 114 valence electrons. The highest BCUT2D eigenvalue weighted by Crippen LogP contribution is 2.50. The van der Waals surface area contributed by atoms with E-state index in [4.69, 9.17) is 0 Å². The van der Waals surface area contributed by atoms with Crippen molar-refractivity contribution in [3.63, 3.8) is 0 Å². The Morgan fingerprint density at radius 3 is 2.86 bits per heavy atom. The zero-order chi connectivity index (χ0) is 14.9. The summed E-state index contributed by atoms with van der Waals surface area (Å²) in [6, 6.07) is 6.74. The first-order valence-corrected chi connectivity index (χ1v) is 7.86. The molecule has 0 radical (unpaired) electrons. The van der Waals surface area contributed by atoms with Crippen LogP contribution in [-0.2, 0) is 10.2 Å². The Bertz CT molecular complexity index is 525. The minimum atomic E-state index is -0.577. The molecule has 1 atom stereocenters. The first kappa shape index (κ1) is 14.5. The molecule has 1 unspecified atom stereocenters. The molecule has 0 spiro atoms. The lowest BCUT2D eigenvalue weighted by atomic mass is 9.91. The fraction of sp³-hybridized carbons (Fsp3) is 0.588. The molecule has 1 aromatic rings. The van der Waals surface area contributed by atoms with E-state index in [2.05, 4.69) is 5.32 Å². The number of carbonyl (C=O) groups excluding carboxylic acids is 1. The van der Waals surface area contributed by atoms with Crippen molar-refractivity contribution in [2.24, 2.45) is 5.92 Å². The second kappa shape index (κ2) is 5.76. The number of piperidine rings is 1. The number of carbonyl (C=O) groups is 1. The normalized spacial score (nSPS) is 23.9. The van der Waals surface area contributed by atoms with E-state index in [0.717, 1.165) is 45.3 Å². The monoisotopic (exact) mass is 290 g/mol. The van der Waals surface area contributed by atoms with Crippen LogP contribution >= 0.6 is 0 Å². The van der Waals surface area contributed by atoms with Crippen molar-refractivity contribution in [1.82, 2.24) is 10.2 Å². The molecule has 2 aliphatic rings. The minimum Gasteiger partial charge on any atom is -0.342 e. The number of hydrogen-bond donors (Lipinski definition) is 1. The van der Waals surface area contributed by atoms with Crippen LogP contribution in [0, 0.1) is 11.7 Å². The van der Waals surface area contributed by atoms with Gasteiger partial charge in [-0.15, -0.1) is 0 Å². The van der Waals surface area contributed by atoms with Crippen molar-refractivity contribution >= 4 is 5.91 Å². The number of benzene rings is 1. The average Bonchev–Trinajstić information content (AvgIpc) is 3.29. The molecule has 1 heterocycles. The van der Waals surface area contributed by atoms with Gasteiger partial charge in [-0.05, 0) is 51.3 Å². The lowest BCUT2D eigenvalue weighted by molar-refractivity contribution is -0.135. The van der Waals surface area contributed by atoms with Gasteiger partial charge in [-0.3, -0.25) is 4.79 Å². The summed E-state index contributed by atoms with van der Waals surface area (Å²) in [7, 11) is 1.95. The van der Waals surface area contributed by atoms with Crippen molar-refractivity contribution in [3.8, 4) is 0 Å². The topological polar surface area (TPSA) is 32.3 Å². The van der Waals surface area contributed by atoms with Crippen LogP contribution in [0.4, 0.5) is 4.39 Å². The predicted molar refractivity (Wildman–Crippen MR) is 80.5 cm³/mol. The molecule has 4 heteroatoms. The van der Waals surface area contributed by atoms with Gasteiger partial charge in [-0.2, -0.15) is 0 Å². The average molecular weight is 290 g/mol. The summed E-state index contributed by atoms with van der Waals surface area (Å²) in [4.78, 5) is 14.9. The van der Waals surface area contributed by atoms with Crippen molar-refractivity contribution in [2.75, 3.05) is 26.7 Å². The molecule has 1 saturated carbocycles. The second-order valence-electron chi connectivity index (χ2n) is 6.38. The molecule has 3 rings (SSSR count). The molecule has 0 aromatic heterocycles. The van der Waals surface area contributed by atoms with Gasteiger partial charge in [0.05, 0.1) is 5.41 Å². The molecular weight excluding hydrogens is 267 g/mol. The first-order chi connectivity index (χ1) is 10.2. The SMILES string of the molecule is CNCC1CCCN(C(=O)C2(c3ccccc3F)CC2)C1. The van der Waals surface area contributed by atoms with Crippen molar-refractivity contribution < 1.29 is 9.18 Å². The molecule has 1 amide bonds. The fourth-order valence-corrected chi connectivity index (χ4v) is 3.58. The quantitative estimate of drug-likeness (QED) is 0.923. The Labute approximate surface area is 125 Å². The summed E-state index contributed by atoms with van der Waals surface area (Å²) in [5.41, 5.74) is 0.0121. The summed E-state index contributed by atoms with van der Waals surface area (Å²) in [5, 5.41) is 3.19. The van der Waals surface area contributed by atoms with E-state index in [0.29, 0.717) is 11.5 Å². The summed E-state index contributed by atoms with van der Waals surface area (Å²) < 4.78 is 14.1. The minimum absolute atomic E-state index is 0.133. The van der Waals surface area contributed by atoms with Gasteiger partial charge in [0.1, 0.15) is 5.82 Å². The number of nitrogens with one attached hydrogen (secondary N) is 1. The fourth-order valence-electron chi connectivity index (χ4n) is 3.58. The van der Waals surface area contributed by atoms with Gasteiger partial charge in [0.25, 0.3) is 0 Å². The Kier molecular flexibility index (Phi) is 3.98. The van der Waals surface area contributed by atoms with E-state index in [-0.39, 0.29) is 11.7 Å². The highest BCUT2D eigenvalue weighted by Gasteiger charge is 2.54. The van der Waals surface area contributed by atoms with Crippen molar-refractivity contribution in [2.45, 2.75) is 31.1 Å². The van der Waals surface area contributed by atoms with E-state index in [1.807, 2.05) is 18.0 Å². The molecule has 1 N–H and O–H groups in total. The van der Waals surface area contributed by atoms with Gasteiger partial charge < -0.3 is 10.2 Å². The number of rotatable bonds is 4. The van der Waals surface area contributed by atoms with Crippen LogP contribution in [0.2, 0.25) is 0 Å². The van der Waals surface area contributed by atoms with Crippen LogP contribution in [-0.4, -0.2) is 37.5 Å². The molecule has 1 aromatic carbocycles. The third-order valence-corrected chi connectivity index (χ3v) is 4.85. The van der Waals surface area contributed by atoms with Gasteiger partial charge in [-0.25, -0.2) is 4.39 Å². The summed E-state index contributed by atoms with van der Waals surface area (Å²) in [6.45, 7) is 2.56. The Morgan fingerprint density at radius 2 is 2.19 bits per heavy atom. The largest absolute Gasteiger partial charge is 0.342 e. The molecule has 1 saturated heterocycles. The number of nitrogens with zero attached hydrogens (tertiary/aromatic N) is 1. The zero-order valence-electron chi connectivity index (χ0n) is 12.6. The number of likely N-dealkylation sites (tertiary alicyclic amines) is 1. The number of amides is 1. The predicted octanol–water partition coefficient (Wildman–Crippen LogP) is 2.32. The van der Waals surface area contributed by atoms with Crippen LogP contribution in [0.15, 0.2) is 24.3 Å². The van der Waals surface area contributed by atoms with E-state index in [9.17, 15) is 9.18 Å². The van der Waals surface area contributed by atoms with Gasteiger partial charge in [0.15, 0.2) is 0 Å². The third kappa shape index (κ3) is 2.69. The van der Waals surface area contributed by atoms with Gasteiger partial charge in [0, 0.05) is 18.7 Å². The lowest BCUT2D eigenvalue weighted by Gasteiger charge is -2.35. The van der Waals surface area contributed by atoms with Crippen molar-refractivity contribution in [3.05, 3.63) is 35.6 Å². The van der Waals surface area contributed by atoms with E-state index < -0.39 is 5.41 Å². The molecule has 2 fully saturated rings. The van der Waals surface area contributed by atoms with Crippen LogP contribution in [0.1, 0.15) is 31.2 Å². The molecule has 1 aliphatic carbocycles. The highest BCUT2D eigenvalue weighted by atomic mass is 19.1. The molecule has 21 heavy (non-hydrogen) atoms. The van der Waals surface area contributed by atoms with Gasteiger partial charge in [-0.1, -0.05) is 18.2 Å². The Balaban J connectivity index is 1.77. The molecule has 0 bridgehead atoms. The smallest absolute Gasteiger partial charge is 0.233 e. The number of hydrogen-bond acceptors (Lipinski definition) is 2. The molecule has 1 aliphatic heterocycles. The van der Waals surface area contributed by atoms with Crippen LogP contribution < -0.4 is 5.32 Å². The zero-order valence-corrected chi connectivity index (χ0v) is 12.6. The summed E-state index contributed by atoms with van der Waals surface area (Å²) >= 11 is 0. The third-order valence-electron chi connectivity index (χ3n) is 4.85. The highest BCUT2D eigenvalue weighted by molar-refractivity contribution is 5.91. The van der Waals surface area contributed by atoms with Gasteiger partial charge in [0.2, 0.25) is 5.91 Å². The van der Waals surface area contributed by atoms with E-state index >= 15 is 0 Å². The lowest BCUT2D eigenvalue weighted by Crippen LogP contribution is -2.46. The second-order valence-corrected chi connectivity index (χ2v) is 6.38. The van der Waals surface area contributed by atoms with Crippen LogP contribution in [0.5, 0.6) is 0 Å².